The molecule has 1 aromatic carbocycles. The number of nitrogens with zero attached hydrogens (tertiary/aromatic N) is 1. The first-order valence-electron chi connectivity index (χ1n) is 8.59. The van der Waals surface area contributed by atoms with Crippen molar-refractivity contribution in [3.8, 4) is 0 Å². The Kier molecular flexibility index (Phi) is 3.66. The van der Waals surface area contributed by atoms with Crippen molar-refractivity contribution in [3.63, 3.8) is 0 Å². The van der Waals surface area contributed by atoms with Gasteiger partial charge in [0.2, 0.25) is 0 Å². The predicted molar refractivity (Wildman–Crippen MR) is 92.1 cm³/mol. The van der Waals surface area contributed by atoms with Crippen molar-refractivity contribution in [2.75, 3.05) is 4.90 Å². The Hall–Kier alpha value is -1.57. The average molecular weight is 297 g/mol. The predicted octanol–water partition coefficient (Wildman–Crippen LogP) is 4.84. The topological polar surface area (TPSA) is 20.3 Å². The lowest BCUT2D eigenvalue weighted by atomic mass is 9.56. The molecule has 3 rings (SSSR count). The standard InChI is InChI=1S/C20H27NO/c1-5-15(3)20-14-10-9-13-19(20,4)16-11-7-8-12-17(16)21(20)18(22)6-2/h6-8,11-12,15H,2,5,9-10,13-14H2,1,3-4H3/t15-,19-,20+/m1/s1. The molecule has 118 valence electrons. The zero-order valence-electron chi connectivity index (χ0n) is 14.1. The average Bonchev–Trinajstić information content (AvgIpc) is 2.80. The van der Waals surface area contributed by atoms with Crippen LogP contribution in [0.3, 0.4) is 0 Å². The third-order valence-corrected chi connectivity index (χ3v) is 6.40. The second-order valence-electron chi connectivity index (χ2n) is 7.17. The molecule has 3 atom stereocenters. The Morgan fingerprint density at radius 1 is 1.36 bits per heavy atom. The fourth-order valence-corrected chi connectivity index (χ4v) is 5.20. The van der Waals surface area contributed by atoms with Gasteiger partial charge in [0.05, 0.1) is 5.54 Å². The van der Waals surface area contributed by atoms with Crippen LogP contribution in [0.4, 0.5) is 5.69 Å². The van der Waals surface area contributed by atoms with Gasteiger partial charge in [0.25, 0.3) is 5.91 Å². The fourth-order valence-electron chi connectivity index (χ4n) is 5.20. The van der Waals surface area contributed by atoms with Crippen LogP contribution in [-0.4, -0.2) is 11.4 Å². The lowest BCUT2D eigenvalue weighted by molar-refractivity contribution is -0.116. The molecule has 1 aliphatic carbocycles. The van der Waals surface area contributed by atoms with Gasteiger partial charge in [-0.1, -0.05) is 64.8 Å². The Morgan fingerprint density at radius 3 is 2.73 bits per heavy atom. The van der Waals surface area contributed by atoms with Crippen LogP contribution in [-0.2, 0) is 10.2 Å². The summed E-state index contributed by atoms with van der Waals surface area (Å²) >= 11 is 0. The molecule has 22 heavy (non-hydrogen) atoms. The number of hydrogen-bond donors (Lipinski definition) is 0. The molecule has 0 spiro atoms. The van der Waals surface area contributed by atoms with Crippen molar-refractivity contribution in [1.82, 2.24) is 0 Å². The summed E-state index contributed by atoms with van der Waals surface area (Å²) in [6.07, 6.45) is 7.28. The number of fused-ring (bicyclic) bond motifs is 3. The smallest absolute Gasteiger partial charge is 0.250 e. The highest BCUT2D eigenvalue weighted by Crippen LogP contribution is 2.61. The number of para-hydroxylation sites is 1. The van der Waals surface area contributed by atoms with Gasteiger partial charge in [-0.05, 0) is 36.5 Å². The molecule has 1 aliphatic heterocycles. The quantitative estimate of drug-likeness (QED) is 0.731. The van der Waals surface area contributed by atoms with Crippen molar-refractivity contribution >= 4 is 11.6 Å². The summed E-state index contributed by atoms with van der Waals surface area (Å²) < 4.78 is 0. The van der Waals surface area contributed by atoms with E-state index in [1.807, 2.05) is 6.07 Å². The van der Waals surface area contributed by atoms with E-state index in [4.69, 9.17) is 0 Å². The number of amides is 1. The van der Waals surface area contributed by atoms with Gasteiger partial charge in [-0.2, -0.15) is 0 Å². The molecule has 1 amide bonds. The molecule has 0 radical (unpaired) electrons. The van der Waals surface area contributed by atoms with Crippen molar-refractivity contribution in [2.45, 2.75) is 63.8 Å². The number of benzene rings is 1. The second kappa shape index (κ2) is 5.26. The van der Waals surface area contributed by atoms with Gasteiger partial charge in [-0.3, -0.25) is 4.79 Å². The lowest BCUT2D eigenvalue weighted by Crippen LogP contribution is -2.63. The highest BCUT2D eigenvalue weighted by atomic mass is 16.2. The molecule has 1 saturated carbocycles. The molecule has 0 saturated heterocycles. The summed E-state index contributed by atoms with van der Waals surface area (Å²) in [5, 5.41) is 0. The van der Waals surface area contributed by atoms with Crippen LogP contribution in [0.2, 0.25) is 0 Å². The molecule has 0 unspecified atom stereocenters. The van der Waals surface area contributed by atoms with E-state index in [1.54, 1.807) is 0 Å². The summed E-state index contributed by atoms with van der Waals surface area (Å²) in [4.78, 5) is 14.9. The normalized spacial score (nSPS) is 31.3. The van der Waals surface area contributed by atoms with Gasteiger partial charge < -0.3 is 4.90 Å². The summed E-state index contributed by atoms with van der Waals surface area (Å²) in [6.45, 7) is 10.7. The van der Waals surface area contributed by atoms with E-state index in [1.165, 1.54) is 24.5 Å². The maximum absolute atomic E-state index is 12.8. The van der Waals surface area contributed by atoms with E-state index in [0.717, 1.165) is 24.9 Å². The highest BCUT2D eigenvalue weighted by Gasteiger charge is 2.62. The van der Waals surface area contributed by atoms with E-state index in [2.05, 4.69) is 50.4 Å². The maximum Gasteiger partial charge on any atom is 0.250 e. The third-order valence-electron chi connectivity index (χ3n) is 6.40. The number of anilines is 1. The van der Waals surface area contributed by atoms with Crippen molar-refractivity contribution in [2.24, 2.45) is 5.92 Å². The minimum Gasteiger partial charge on any atom is -0.301 e. The summed E-state index contributed by atoms with van der Waals surface area (Å²) in [5.41, 5.74) is 2.41. The van der Waals surface area contributed by atoms with Gasteiger partial charge in [0, 0.05) is 11.1 Å². The molecule has 0 aromatic heterocycles. The maximum atomic E-state index is 12.8. The Balaban J connectivity index is 2.30. The minimum absolute atomic E-state index is 0.0515. The van der Waals surface area contributed by atoms with Crippen LogP contribution in [0.15, 0.2) is 36.9 Å². The zero-order chi connectivity index (χ0) is 16.0. The van der Waals surface area contributed by atoms with Crippen LogP contribution in [0.1, 0.15) is 58.4 Å². The van der Waals surface area contributed by atoms with Crippen molar-refractivity contribution in [1.29, 1.82) is 0 Å². The molecule has 2 nitrogen and oxygen atoms in total. The molecule has 1 heterocycles. The Morgan fingerprint density at radius 2 is 2.05 bits per heavy atom. The molecule has 0 bridgehead atoms. The monoisotopic (exact) mass is 297 g/mol. The van der Waals surface area contributed by atoms with E-state index in [0.29, 0.717) is 5.92 Å². The second-order valence-corrected chi connectivity index (χ2v) is 7.17. The Labute approximate surface area is 134 Å². The summed E-state index contributed by atoms with van der Waals surface area (Å²) in [6, 6.07) is 8.51. The van der Waals surface area contributed by atoms with E-state index in [-0.39, 0.29) is 16.9 Å². The van der Waals surface area contributed by atoms with Gasteiger partial charge in [-0.15, -0.1) is 0 Å². The van der Waals surface area contributed by atoms with Crippen LogP contribution in [0, 0.1) is 5.92 Å². The fraction of sp³-hybridized carbons (Fsp3) is 0.550. The van der Waals surface area contributed by atoms with E-state index >= 15 is 0 Å². The zero-order valence-corrected chi connectivity index (χ0v) is 14.1. The van der Waals surface area contributed by atoms with Crippen molar-refractivity contribution in [3.05, 3.63) is 42.5 Å². The summed E-state index contributed by atoms with van der Waals surface area (Å²) in [5.74, 6) is 0.521. The van der Waals surface area contributed by atoms with E-state index < -0.39 is 0 Å². The molecular weight excluding hydrogens is 270 g/mol. The van der Waals surface area contributed by atoms with Crippen LogP contribution < -0.4 is 4.90 Å². The first-order chi connectivity index (χ1) is 10.5. The van der Waals surface area contributed by atoms with Crippen LogP contribution in [0.25, 0.3) is 0 Å². The van der Waals surface area contributed by atoms with Gasteiger partial charge in [0.15, 0.2) is 0 Å². The SMILES string of the molecule is C=CC(=O)N1c2ccccc2[C@@]2(C)CCCC[C@@]12[C@H](C)CC. The van der Waals surface area contributed by atoms with Crippen molar-refractivity contribution < 1.29 is 4.79 Å². The number of carbonyl (C=O) groups excluding carboxylic acids is 1. The number of hydrogen-bond acceptors (Lipinski definition) is 1. The van der Waals surface area contributed by atoms with Gasteiger partial charge >= 0.3 is 0 Å². The molecule has 2 aliphatic rings. The molecular formula is C20H27NO. The lowest BCUT2D eigenvalue weighted by Gasteiger charge is -2.55. The number of rotatable bonds is 3. The first kappa shape index (κ1) is 15.3. The Bertz CT molecular complexity index is 607. The van der Waals surface area contributed by atoms with E-state index in [9.17, 15) is 4.79 Å². The number of carbonyl (C=O) groups is 1. The first-order valence-corrected chi connectivity index (χ1v) is 8.59. The highest BCUT2D eigenvalue weighted by molar-refractivity contribution is 6.05. The van der Waals surface area contributed by atoms with Gasteiger partial charge in [0.1, 0.15) is 0 Å². The largest absolute Gasteiger partial charge is 0.301 e. The van der Waals surface area contributed by atoms with Crippen LogP contribution >= 0.6 is 0 Å². The van der Waals surface area contributed by atoms with Gasteiger partial charge in [-0.25, -0.2) is 0 Å². The van der Waals surface area contributed by atoms with Crippen LogP contribution in [0.5, 0.6) is 0 Å². The third kappa shape index (κ3) is 1.70. The molecule has 0 N–H and O–H groups in total. The molecule has 1 fully saturated rings. The molecule has 2 heteroatoms. The minimum atomic E-state index is -0.102. The molecule has 1 aromatic rings. The summed E-state index contributed by atoms with van der Waals surface area (Å²) in [7, 11) is 0.